The van der Waals surface area contributed by atoms with Gasteiger partial charge in [-0.25, -0.2) is 18.2 Å². The summed E-state index contributed by atoms with van der Waals surface area (Å²) in [5.74, 6) is 0.195. The molecule has 2 aromatic carbocycles. The number of aromatic nitrogens is 1. The number of hydrogen-bond donors (Lipinski definition) is 2. The first kappa shape index (κ1) is 27.9. The number of aryl methyl sites for hydroxylation is 3. The van der Waals surface area contributed by atoms with Crippen molar-refractivity contribution in [3.8, 4) is 0 Å². The third-order valence-corrected chi connectivity index (χ3v) is 8.96. The largest absolute Gasteiger partial charge is 0.478 e. The average molecular weight is 539 g/mol. The van der Waals surface area contributed by atoms with Crippen molar-refractivity contribution in [3.63, 3.8) is 0 Å². The Labute approximate surface area is 225 Å². The van der Waals surface area contributed by atoms with E-state index in [9.17, 15) is 18.3 Å². The number of benzene rings is 2. The number of pyridine rings is 1. The molecule has 38 heavy (non-hydrogen) atoms. The van der Waals surface area contributed by atoms with Crippen LogP contribution in [-0.2, 0) is 10.0 Å². The zero-order valence-electron chi connectivity index (χ0n) is 23.1. The Hall–Kier alpha value is -3.17. The molecule has 4 rings (SSSR count). The average Bonchev–Trinajstić information content (AvgIpc) is 2.84. The number of rotatable bonds is 8. The highest BCUT2D eigenvalue weighted by molar-refractivity contribution is 7.92. The van der Waals surface area contributed by atoms with Crippen LogP contribution in [0.2, 0.25) is 0 Å². The predicted molar refractivity (Wildman–Crippen MR) is 153 cm³/mol. The number of nitrogens with one attached hydrogen (secondary N) is 1. The van der Waals surface area contributed by atoms with Crippen molar-refractivity contribution in [2.75, 3.05) is 35.8 Å². The highest BCUT2D eigenvalue weighted by Crippen LogP contribution is 2.29. The quantitative estimate of drug-likeness (QED) is 0.406. The van der Waals surface area contributed by atoms with Gasteiger partial charge in [-0.3, -0.25) is 9.62 Å². The lowest BCUT2D eigenvalue weighted by Crippen LogP contribution is -2.50. The molecule has 8 nitrogen and oxygen atoms in total. The van der Waals surface area contributed by atoms with E-state index in [0.29, 0.717) is 39.9 Å². The van der Waals surface area contributed by atoms with E-state index in [2.05, 4.69) is 35.3 Å². The molecule has 0 saturated carbocycles. The van der Waals surface area contributed by atoms with Crippen LogP contribution in [0.1, 0.15) is 54.2 Å². The molecule has 0 spiro atoms. The monoisotopic (exact) mass is 538 g/mol. The number of fused-ring (bicyclic) bond motifs is 1. The Balaban J connectivity index is 1.60. The number of sulfonamides is 1. The molecule has 204 valence electrons. The van der Waals surface area contributed by atoms with Crippen molar-refractivity contribution in [2.45, 2.75) is 58.9 Å². The highest BCUT2D eigenvalue weighted by Gasteiger charge is 2.24. The van der Waals surface area contributed by atoms with E-state index < -0.39 is 16.0 Å². The fourth-order valence-electron chi connectivity index (χ4n) is 5.27. The summed E-state index contributed by atoms with van der Waals surface area (Å²) >= 11 is 0. The molecule has 0 aliphatic carbocycles. The van der Waals surface area contributed by atoms with Crippen LogP contribution >= 0.6 is 0 Å². The Morgan fingerprint density at radius 3 is 2.26 bits per heavy atom. The fraction of sp³-hybridized carbons (Fsp3) is 0.448. The summed E-state index contributed by atoms with van der Waals surface area (Å²) in [5.41, 5.74) is 3.46. The first-order chi connectivity index (χ1) is 17.9. The van der Waals surface area contributed by atoms with Crippen LogP contribution in [0.3, 0.4) is 0 Å². The van der Waals surface area contributed by atoms with Crippen molar-refractivity contribution in [1.29, 1.82) is 0 Å². The minimum atomic E-state index is -3.86. The second kappa shape index (κ2) is 10.9. The van der Waals surface area contributed by atoms with Gasteiger partial charge in [0.2, 0.25) is 0 Å². The van der Waals surface area contributed by atoms with Crippen LogP contribution in [0.5, 0.6) is 0 Å². The predicted octanol–water partition coefficient (Wildman–Crippen LogP) is 5.22. The van der Waals surface area contributed by atoms with Crippen LogP contribution in [-0.4, -0.2) is 61.6 Å². The number of piperazine rings is 1. The number of carboxylic acid groups (broad SMARTS) is 1. The molecule has 0 amide bonds. The standard InChI is InChI=1S/C29H38N4O4S/c1-18(2)13-22(6)32-9-11-33(12-10-32)28-17-25(29(34)35)24-16-23(7-8-26(24)30-28)31-38(36,37)27-15-20(4)19(3)14-21(27)5/h7-8,14-18,22,31H,9-13H2,1-6H3,(H,34,35)/t22-/m0/s1. The van der Waals surface area contributed by atoms with E-state index in [0.717, 1.165) is 43.7 Å². The summed E-state index contributed by atoms with van der Waals surface area (Å²) in [4.78, 5) is 21.8. The normalized spacial score (nSPS) is 15.7. The fourth-order valence-corrected chi connectivity index (χ4v) is 6.63. The molecule has 1 aliphatic rings. The maximum absolute atomic E-state index is 13.2. The lowest BCUT2D eigenvalue weighted by atomic mass is 10.0. The van der Waals surface area contributed by atoms with Gasteiger partial charge in [-0.15, -0.1) is 0 Å². The van der Waals surface area contributed by atoms with E-state index in [1.165, 1.54) is 0 Å². The Morgan fingerprint density at radius 2 is 1.63 bits per heavy atom. The molecular formula is C29H38N4O4S. The minimum absolute atomic E-state index is 0.101. The summed E-state index contributed by atoms with van der Waals surface area (Å²) < 4.78 is 29.0. The Morgan fingerprint density at radius 1 is 0.974 bits per heavy atom. The first-order valence-electron chi connectivity index (χ1n) is 13.1. The van der Waals surface area contributed by atoms with Gasteiger partial charge in [0.15, 0.2) is 0 Å². The van der Waals surface area contributed by atoms with E-state index >= 15 is 0 Å². The molecule has 0 unspecified atom stereocenters. The number of nitrogens with zero attached hydrogens (tertiary/aromatic N) is 3. The summed E-state index contributed by atoms with van der Waals surface area (Å²) in [6.07, 6.45) is 1.15. The van der Waals surface area contributed by atoms with E-state index in [-0.39, 0.29) is 10.5 Å². The first-order valence-corrected chi connectivity index (χ1v) is 14.6. The Bertz CT molecular complexity index is 1460. The summed E-state index contributed by atoms with van der Waals surface area (Å²) in [6.45, 7) is 15.7. The second-order valence-electron chi connectivity index (χ2n) is 10.9. The lowest BCUT2D eigenvalue weighted by molar-refractivity contribution is 0.0699. The molecule has 1 aromatic heterocycles. The van der Waals surface area contributed by atoms with Crippen molar-refractivity contribution in [1.82, 2.24) is 9.88 Å². The highest BCUT2D eigenvalue weighted by atomic mass is 32.2. The summed E-state index contributed by atoms with van der Waals surface area (Å²) in [6, 6.07) is 10.5. The van der Waals surface area contributed by atoms with Crippen LogP contribution in [0.15, 0.2) is 41.3 Å². The molecule has 2 N–H and O–H groups in total. The van der Waals surface area contributed by atoms with Crippen molar-refractivity contribution < 1.29 is 18.3 Å². The summed E-state index contributed by atoms with van der Waals surface area (Å²) in [7, 11) is -3.86. The lowest BCUT2D eigenvalue weighted by Gasteiger charge is -2.39. The third-order valence-electron chi connectivity index (χ3n) is 7.43. The topological polar surface area (TPSA) is 103 Å². The Kier molecular flexibility index (Phi) is 7.99. The number of hydrogen-bond acceptors (Lipinski definition) is 6. The minimum Gasteiger partial charge on any atom is -0.478 e. The van der Waals surface area contributed by atoms with Crippen molar-refractivity contribution in [3.05, 3.63) is 58.7 Å². The van der Waals surface area contributed by atoms with Gasteiger partial charge in [0, 0.05) is 43.3 Å². The number of aromatic carboxylic acids is 1. The number of anilines is 2. The molecular weight excluding hydrogens is 500 g/mol. The number of carboxylic acids is 1. The summed E-state index contributed by atoms with van der Waals surface area (Å²) in [5, 5.41) is 10.4. The third kappa shape index (κ3) is 5.94. The van der Waals surface area contributed by atoms with Gasteiger partial charge in [-0.1, -0.05) is 19.9 Å². The smallest absolute Gasteiger partial charge is 0.336 e. The zero-order valence-corrected chi connectivity index (χ0v) is 23.9. The van der Waals surface area contributed by atoms with Crippen molar-refractivity contribution >= 4 is 38.4 Å². The van der Waals surface area contributed by atoms with Crippen LogP contribution in [0, 0.1) is 26.7 Å². The second-order valence-corrected chi connectivity index (χ2v) is 12.5. The molecule has 1 fully saturated rings. The maximum Gasteiger partial charge on any atom is 0.336 e. The molecule has 2 heterocycles. The van der Waals surface area contributed by atoms with Gasteiger partial charge in [0.05, 0.1) is 16.0 Å². The molecule has 1 saturated heterocycles. The van der Waals surface area contributed by atoms with Crippen LogP contribution < -0.4 is 9.62 Å². The molecule has 1 atom stereocenters. The van der Waals surface area contributed by atoms with Crippen LogP contribution in [0.4, 0.5) is 11.5 Å². The van der Waals surface area contributed by atoms with Gasteiger partial charge in [-0.05, 0) is 87.1 Å². The SMILES string of the molecule is Cc1cc(C)c(S(=O)(=O)Nc2ccc3nc(N4CCN([C@@H](C)CC(C)C)CC4)cc(C(=O)O)c3c2)cc1C. The maximum atomic E-state index is 13.2. The van der Waals surface area contributed by atoms with E-state index in [1.54, 1.807) is 37.3 Å². The van der Waals surface area contributed by atoms with Gasteiger partial charge in [-0.2, -0.15) is 0 Å². The molecule has 1 aliphatic heterocycles. The van der Waals surface area contributed by atoms with Gasteiger partial charge in [0.1, 0.15) is 5.82 Å². The molecule has 0 bridgehead atoms. The van der Waals surface area contributed by atoms with Gasteiger partial charge < -0.3 is 10.0 Å². The number of carbonyl (C=O) groups is 1. The molecule has 3 aromatic rings. The van der Waals surface area contributed by atoms with Crippen LogP contribution in [0.25, 0.3) is 10.9 Å². The van der Waals surface area contributed by atoms with Crippen molar-refractivity contribution in [2.24, 2.45) is 5.92 Å². The van der Waals surface area contributed by atoms with E-state index in [4.69, 9.17) is 4.98 Å². The molecule has 0 radical (unpaired) electrons. The van der Waals surface area contributed by atoms with E-state index in [1.807, 2.05) is 19.9 Å². The molecule has 9 heteroatoms. The van der Waals surface area contributed by atoms with Gasteiger partial charge in [0.25, 0.3) is 10.0 Å². The van der Waals surface area contributed by atoms with Gasteiger partial charge >= 0.3 is 5.97 Å². The zero-order chi connectivity index (χ0) is 27.8.